The van der Waals surface area contributed by atoms with Gasteiger partial charge >= 0.3 is 6.03 Å². The molecule has 1 aliphatic heterocycles. The van der Waals surface area contributed by atoms with Crippen LogP contribution in [0.2, 0.25) is 0 Å². The van der Waals surface area contributed by atoms with E-state index in [0.717, 1.165) is 12.8 Å². The molecule has 1 fully saturated rings. The first kappa shape index (κ1) is 17.5. The number of aryl methyl sites for hydroxylation is 1. The number of rotatable bonds is 3. The summed E-state index contributed by atoms with van der Waals surface area (Å²) >= 11 is 0. The van der Waals surface area contributed by atoms with Gasteiger partial charge in [-0.25, -0.2) is 4.79 Å². The largest absolute Gasteiger partial charge is 0.335 e. The lowest BCUT2D eigenvalue weighted by Gasteiger charge is -2.46. The summed E-state index contributed by atoms with van der Waals surface area (Å²) < 4.78 is 1.56. The molecule has 23 heavy (non-hydrogen) atoms. The Bertz CT molecular complexity index is 618. The molecule has 1 saturated heterocycles. The van der Waals surface area contributed by atoms with Crippen LogP contribution in [-0.4, -0.2) is 27.7 Å². The fourth-order valence-corrected chi connectivity index (χ4v) is 3.65. The Kier molecular flexibility index (Phi) is 4.84. The van der Waals surface area contributed by atoms with Gasteiger partial charge in [-0.1, -0.05) is 0 Å². The van der Waals surface area contributed by atoms with Crippen molar-refractivity contribution in [3.63, 3.8) is 0 Å². The maximum atomic E-state index is 12.3. The summed E-state index contributed by atoms with van der Waals surface area (Å²) in [4.78, 5) is 24.4. The van der Waals surface area contributed by atoms with Gasteiger partial charge in [0.25, 0.3) is 5.56 Å². The molecule has 2 heterocycles. The van der Waals surface area contributed by atoms with Gasteiger partial charge in [0, 0.05) is 29.9 Å². The molecule has 6 nitrogen and oxygen atoms in total. The highest BCUT2D eigenvalue weighted by atomic mass is 16.2. The van der Waals surface area contributed by atoms with Gasteiger partial charge in [0.2, 0.25) is 0 Å². The lowest BCUT2D eigenvalue weighted by molar-refractivity contribution is 0.149. The van der Waals surface area contributed by atoms with Gasteiger partial charge in [0.1, 0.15) is 5.69 Å². The summed E-state index contributed by atoms with van der Waals surface area (Å²) in [7, 11) is 0. The first-order valence-electron chi connectivity index (χ1n) is 8.18. The zero-order chi connectivity index (χ0) is 17.3. The number of aromatic nitrogens is 1. The zero-order valence-electron chi connectivity index (χ0n) is 14.7. The predicted octanol–water partition coefficient (Wildman–Crippen LogP) is 2.30. The highest BCUT2D eigenvalue weighted by Crippen LogP contribution is 2.28. The number of urea groups is 1. The summed E-state index contributed by atoms with van der Waals surface area (Å²) in [5, 5.41) is 9.27. The van der Waals surface area contributed by atoms with Crippen LogP contribution in [0.25, 0.3) is 0 Å². The van der Waals surface area contributed by atoms with Gasteiger partial charge in [-0.3, -0.25) is 4.79 Å². The SMILES string of the molecule is CCn1cccc(NC(=O)NC2CC(C)(C)NC(C)(C)C2)c1=O. The number of nitrogens with zero attached hydrogens (tertiary/aromatic N) is 1. The zero-order valence-corrected chi connectivity index (χ0v) is 14.7. The van der Waals surface area contributed by atoms with Crippen molar-refractivity contribution in [2.75, 3.05) is 5.32 Å². The molecule has 128 valence electrons. The number of hydrogen-bond donors (Lipinski definition) is 3. The molecule has 1 aliphatic rings. The summed E-state index contributed by atoms with van der Waals surface area (Å²) in [6.07, 6.45) is 3.40. The Morgan fingerprint density at radius 2 is 1.91 bits per heavy atom. The third kappa shape index (κ3) is 4.58. The van der Waals surface area contributed by atoms with Gasteiger partial charge in [0.05, 0.1) is 0 Å². The molecule has 0 spiro atoms. The highest BCUT2D eigenvalue weighted by Gasteiger charge is 2.38. The Balaban J connectivity index is 2.04. The predicted molar refractivity (Wildman–Crippen MR) is 92.8 cm³/mol. The Morgan fingerprint density at radius 1 is 1.30 bits per heavy atom. The third-order valence-electron chi connectivity index (χ3n) is 4.13. The van der Waals surface area contributed by atoms with Gasteiger partial charge in [-0.15, -0.1) is 0 Å². The van der Waals surface area contributed by atoms with Crippen LogP contribution in [0.3, 0.4) is 0 Å². The molecule has 0 aromatic carbocycles. The van der Waals surface area contributed by atoms with E-state index in [1.165, 1.54) is 0 Å². The molecule has 0 aliphatic carbocycles. The number of pyridine rings is 1. The molecule has 0 atom stereocenters. The van der Waals surface area contributed by atoms with Crippen LogP contribution in [-0.2, 0) is 6.54 Å². The van der Waals surface area contributed by atoms with Crippen LogP contribution in [0.15, 0.2) is 23.1 Å². The average Bonchev–Trinajstić information content (AvgIpc) is 2.37. The second-order valence-electron chi connectivity index (χ2n) is 7.61. The van der Waals surface area contributed by atoms with Crippen molar-refractivity contribution in [1.82, 2.24) is 15.2 Å². The van der Waals surface area contributed by atoms with E-state index in [1.54, 1.807) is 22.9 Å². The van der Waals surface area contributed by atoms with Crippen LogP contribution in [0.1, 0.15) is 47.5 Å². The number of carbonyl (C=O) groups is 1. The molecule has 2 rings (SSSR count). The van der Waals surface area contributed by atoms with Crippen LogP contribution in [0, 0.1) is 0 Å². The molecule has 2 amide bonds. The molecule has 0 saturated carbocycles. The van der Waals surface area contributed by atoms with E-state index in [1.807, 2.05) is 6.92 Å². The summed E-state index contributed by atoms with van der Waals surface area (Å²) in [6, 6.07) is 3.13. The number of nitrogens with one attached hydrogen (secondary N) is 3. The minimum atomic E-state index is -0.325. The van der Waals surface area contributed by atoms with Gasteiger partial charge < -0.3 is 20.5 Å². The maximum Gasteiger partial charge on any atom is 0.319 e. The van der Waals surface area contributed by atoms with E-state index in [-0.39, 0.29) is 28.7 Å². The number of carbonyl (C=O) groups excluding carboxylic acids is 1. The minimum absolute atomic E-state index is 0.0403. The number of amides is 2. The number of piperidine rings is 1. The molecule has 0 radical (unpaired) electrons. The molecule has 3 N–H and O–H groups in total. The highest BCUT2D eigenvalue weighted by molar-refractivity contribution is 5.89. The van der Waals surface area contributed by atoms with Crippen LogP contribution in [0.5, 0.6) is 0 Å². The van der Waals surface area contributed by atoms with Crippen molar-refractivity contribution in [2.24, 2.45) is 0 Å². The summed E-state index contributed by atoms with van der Waals surface area (Å²) in [5.41, 5.74) is 0.0401. The van der Waals surface area contributed by atoms with Crippen molar-refractivity contribution in [3.8, 4) is 0 Å². The quantitative estimate of drug-likeness (QED) is 0.800. The van der Waals surface area contributed by atoms with Gasteiger partial charge in [-0.2, -0.15) is 0 Å². The number of hydrogen-bond acceptors (Lipinski definition) is 3. The van der Waals surface area contributed by atoms with Gasteiger partial charge in [0.15, 0.2) is 0 Å². The molecule has 0 unspecified atom stereocenters. The maximum absolute atomic E-state index is 12.3. The monoisotopic (exact) mass is 320 g/mol. The van der Waals surface area contributed by atoms with Crippen molar-refractivity contribution >= 4 is 11.7 Å². The van der Waals surface area contributed by atoms with E-state index in [2.05, 4.69) is 43.6 Å². The number of anilines is 1. The third-order valence-corrected chi connectivity index (χ3v) is 4.13. The first-order chi connectivity index (χ1) is 10.6. The Hall–Kier alpha value is -1.82. The van der Waals surface area contributed by atoms with E-state index in [9.17, 15) is 9.59 Å². The second kappa shape index (κ2) is 6.35. The van der Waals surface area contributed by atoms with Crippen LogP contribution >= 0.6 is 0 Å². The summed E-state index contributed by atoms with van der Waals surface area (Å²) in [6.45, 7) is 11.0. The summed E-state index contributed by atoms with van der Waals surface area (Å²) in [5.74, 6) is 0. The standard InChI is InChI=1S/C17H28N4O2/c1-6-21-9-7-8-13(14(21)22)19-15(23)18-12-10-16(2,3)20-17(4,5)11-12/h7-9,12,20H,6,10-11H2,1-5H3,(H2,18,19,23). The van der Waals surface area contributed by atoms with Crippen LogP contribution in [0.4, 0.5) is 10.5 Å². The molecular weight excluding hydrogens is 292 g/mol. The lowest BCUT2D eigenvalue weighted by Crippen LogP contribution is -2.62. The van der Waals surface area contributed by atoms with E-state index < -0.39 is 0 Å². The fourth-order valence-electron chi connectivity index (χ4n) is 3.65. The Labute approximate surface area is 137 Å². The smallest absolute Gasteiger partial charge is 0.319 e. The van der Waals surface area contributed by atoms with E-state index >= 15 is 0 Å². The van der Waals surface area contributed by atoms with Crippen LogP contribution < -0.4 is 21.5 Å². The average molecular weight is 320 g/mol. The normalized spacial score (nSPS) is 20.0. The van der Waals surface area contributed by atoms with E-state index in [0.29, 0.717) is 12.2 Å². The second-order valence-corrected chi connectivity index (χ2v) is 7.61. The van der Waals surface area contributed by atoms with Crippen molar-refractivity contribution in [3.05, 3.63) is 28.7 Å². The molecule has 1 aromatic rings. The van der Waals surface area contributed by atoms with Crippen molar-refractivity contribution < 1.29 is 4.79 Å². The molecule has 0 bridgehead atoms. The molecular formula is C17H28N4O2. The van der Waals surface area contributed by atoms with Crippen molar-refractivity contribution in [1.29, 1.82) is 0 Å². The first-order valence-corrected chi connectivity index (χ1v) is 8.18. The minimum Gasteiger partial charge on any atom is -0.335 e. The fraction of sp³-hybridized carbons (Fsp3) is 0.647. The van der Waals surface area contributed by atoms with Crippen molar-refractivity contribution in [2.45, 2.75) is 71.1 Å². The molecule has 1 aromatic heterocycles. The lowest BCUT2D eigenvalue weighted by atomic mass is 9.80. The van der Waals surface area contributed by atoms with E-state index in [4.69, 9.17) is 0 Å². The topological polar surface area (TPSA) is 75.2 Å². The molecule has 6 heteroatoms. The van der Waals surface area contributed by atoms with Gasteiger partial charge in [-0.05, 0) is 59.6 Å². The Morgan fingerprint density at radius 3 is 2.48 bits per heavy atom.